The largest absolute Gasteiger partial charge is 0.377 e. The van der Waals surface area contributed by atoms with Crippen molar-refractivity contribution in [3.8, 4) is 5.69 Å². The van der Waals surface area contributed by atoms with Crippen molar-refractivity contribution in [1.82, 2.24) is 19.2 Å². The Balaban J connectivity index is 1.67. The molecule has 0 saturated carbocycles. The van der Waals surface area contributed by atoms with Crippen LogP contribution in [-0.4, -0.2) is 37.6 Å². The number of nitrogens with zero attached hydrogens (tertiary/aromatic N) is 4. The highest BCUT2D eigenvalue weighted by atomic mass is 32.2. The summed E-state index contributed by atoms with van der Waals surface area (Å²) in [6, 6.07) is 15.5. The topological polar surface area (TPSA) is 61.4 Å². The van der Waals surface area contributed by atoms with Crippen molar-refractivity contribution >= 4 is 28.4 Å². The van der Waals surface area contributed by atoms with E-state index in [0.29, 0.717) is 11.2 Å². The summed E-state index contributed by atoms with van der Waals surface area (Å²) in [6.45, 7) is 2.86. The van der Waals surface area contributed by atoms with E-state index in [-0.39, 0.29) is 11.7 Å². The van der Waals surface area contributed by atoms with E-state index >= 15 is 0 Å². The van der Waals surface area contributed by atoms with E-state index in [0.717, 1.165) is 47.1 Å². The van der Waals surface area contributed by atoms with Crippen LogP contribution in [0.1, 0.15) is 24.8 Å². The molecule has 0 aliphatic carbocycles. The quantitative estimate of drug-likeness (QED) is 0.480. The van der Waals surface area contributed by atoms with Gasteiger partial charge in [0.25, 0.3) is 5.56 Å². The normalized spacial score (nSPS) is 17.2. The minimum absolute atomic E-state index is 0.0866. The second-order valence-corrected chi connectivity index (χ2v) is 8.40. The molecule has 29 heavy (non-hydrogen) atoms. The number of aromatic nitrogens is 4. The summed E-state index contributed by atoms with van der Waals surface area (Å²) in [6.07, 6.45) is 3.68. The summed E-state index contributed by atoms with van der Waals surface area (Å²) in [5.74, 6) is 1.36. The molecule has 2 aromatic heterocycles. The van der Waals surface area contributed by atoms with Gasteiger partial charge in [-0.15, -0.1) is 10.2 Å². The van der Waals surface area contributed by atoms with Gasteiger partial charge in [0.2, 0.25) is 5.78 Å². The lowest BCUT2D eigenvalue weighted by molar-refractivity contribution is 0.0315. The SMILES string of the molecule is Cc1ccc(-n2c(=O)c3ccccc3n3c(SC[C@@H]4CCCCO4)nnc23)cc1. The van der Waals surface area contributed by atoms with Crippen LogP contribution >= 0.6 is 11.8 Å². The van der Waals surface area contributed by atoms with Crippen LogP contribution in [0.2, 0.25) is 0 Å². The lowest BCUT2D eigenvalue weighted by Crippen LogP contribution is -2.22. The summed E-state index contributed by atoms with van der Waals surface area (Å²) >= 11 is 1.64. The lowest BCUT2D eigenvalue weighted by atomic mass is 10.1. The summed E-state index contributed by atoms with van der Waals surface area (Å²) in [5.41, 5.74) is 2.67. The number of hydrogen-bond acceptors (Lipinski definition) is 5. The Bertz CT molecular complexity index is 1220. The van der Waals surface area contributed by atoms with Crippen molar-refractivity contribution in [2.45, 2.75) is 37.4 Å². The van der Waals surface area contributed by atoms with Crippen LogP contribution < -0.4 is 5.56 Å². The van der Waals surface area contributed by atoms with Crippen molar-refractivity contribution < 1.29 is 4.74 Å². The van der Waals surface area contributed by atoms with E-state index in [1.165, 1.54) is 6.42 Å². The number of aryl methyl sites for hydroxylation is 1. The van der Waals surface area contributed by atoms with E-state index in [4.69, 9.17) is 4.74 Å². The summed E-state index contributed by atoms with van der Waals surface area (Å²) < 4.78 is 9.50. The van der Waals surface area contributed by atoms with Gasteiger partial charge < -0.3 is 4.74 Å². The maximum absolute atomic E-state index is 13.3. The number of benzene rings is 2. The molecule has 148 valence electrons. The molecule has 4 aromatic rings. The minimum atomic E-state index is -0.0866. The molecular formula is C22H22N4O2S. The molecule has 5 rings (SSSR count). The van der Waals surface area contributed by atoms with Crippen LogP contribution in [0.15, 0.2) is 58.5 Å². The van der Waals surface area contributed by atoms with Crippen LogP contribution in [0.3, 0.4) is 0 Å². The van der Waals surface area contributed by atoms with Crippen molar-refractivity contribution in [3.05, 3.63) is 64.4 Å². The van der Waals surface area contributed by atoms with Gasteiger partial charge in [0.05, 0.1) is 22.7 Å². The van der Waals surface area contributed by atoms with Gasteiger partial charge in [-0.25, -0.2) is 4.57 Å². The zero-order valence-electron chi connectivity index (χ0n) is 16.2. The fraction of sp³-hybridized carbons (Fsp3) is 0.318. The summed E-state index contributed by atoms with van der Waals surface area (Å²) in [4.78, 5) is 13.3. The Morgan fingerprint density at radius 2 is 1.93 bits per heavy atom. The molecule has 0 bridgehead atoms. The molecule has 1 atom stereocenters. The minimum Gasteiger partial charge on any atom is -0.377 e. The van der Waals surface area contributed by atoms with Gasteiger partial charge in [-0.05, 0) is 50.5 Å². The number of ether oxygens (including phenoxy) is 1. The first kappa shape index (κ1) is 18.4. The molecule has 0 N–H and O–H groups in total. The van der Waals surface area contributed by atoms with E-state index in [2.05, 4.69) is 10.2 Å². The van der Waals surface area contributed by atoms with Gasteiger partial charge in [0, 0.05) is 12.4 Å². The molecule has 0 amide bonds. The molecule has 0 radical (unpaired) electrons. The fourth-order valence-corrected chi connectivity index (χ4v) is 4.81. The average molecular weight is 407 g/mol. The smallest absolute Gasteiger partial charge is 0.267 e. The molecule has 1 aliphatic rings. The molecule has 0 spiro atoms. The first-order valence-corrected chi connectivity index (χ1v) is 10.9. The molecule has 1 saturated heterocycles. The molecule has 1 aliphatic heterocycles. The number of hydrogen-bond donors (Lipinski definition) is 0. The Morgan fingerprint density at radius 1 is 1.10 bits per heavy atom. The molecule has 6 nitrogen and oxygen atoms in total. The monoisotopic (exact) mass is 406 g/mol. The maximum atomic E-state index is 13.3. The van der Waals surface area contributed by atoms with E-state index < -0.39 is 0 Å². The number of fused-ring (bicyclic) bond motifs is 3. The third-order valence-electron chi connectivity index (χ3n) is 5.36. The second kappa shape index (κ2) is 7.65. The molecule has 2 aromatic carbocycles. The predicted octanol–water partition coefficient (Wildman–Crippen LogP) is 4.00. The van der Waals surface area contributed by atoms with Gasteiger partial charge in [0.1, 0.15) is 0 Å². The van der Waals surface area contributed by atoms with Gasteiger partial charge in [-0.1, -0.05) is 41.6 Å². The third kappa shape index (κ3) is 3.34. The highest BCUT2D eigenvalue weighted by Crippen LogP contribution is 2.26. The average Bonchev–Trinajstić information content (AvgIpc) is 3.18. The Kier molecular flexibility index (Phi) is 4.85. The Morgan fingerprint density at radius 3 is 2.72 bits per heavy atom. The Labute approximate surface area is 172 Å². The molecular weight excluding hydrogens is 384 g/mol. The van der Waals surface area contributed by atoms with Crippen LogP contribution in [0, 0.1) is 6.92 Å². The van der Waals surface area contributed by atoms with Crippen molar-refractivity contribution in [2.24, 2.45) is 0 Å². The Hall–Kier alpha value is -2.64. The molecule has 7 heteroatoms. The van der Waals surface area contributed by atoms with Gasteiger partial charge in [-0.3, -0.25) is 9.20 Å². The zero-order valence-corrected chi connectivity index (χ0v) is 17.1. The van der Waals surface area contributed by atoms with Crippen LogP contribution in [0.25, 0.3) is 22.4 Å². The van der Waals surface area contributed by atoms with Gasteiger partial charge in [0.15, 0.2) is 5.16 Å². The van der Waals surface area contributed by atoms with E-state index in [1.807, 2.05) is 59.9 Å². The first-order valence-electron chi connectivity index (χ1n) is 9.93. The third-order valence-corrected chi connectivity index (χ3v) is 6.42. The number of para-hydroxylation sites is 1. The maximum Gasteiger partial charge on any atom is 0.267 e. The highest BCUT2D eigenvalue weighted by molar-refractivity contribution is 7.99. The van der Waals surface area contributed by atoms with Crippen molar-refractivity contribution in [2.75, 3.05) is 12.4 Å². The second-order valence-electron chi connectivity index (χ2n) is 7.41. The zero-order chi connectivity index (χ0) is 19.8. The van der Waals surface area contributed by atoms with Crippen LogP contribution in [-0.2, 0) is 4.74 Å². The lowest BCUT2D eigenvalue weighted by Gasteiger charge is -2.21. The van der Waals surface area contributed by atoms with Crippen molar-refractivity contribution in [1.29, 1.82) is 0 Å². The van der Waals surface area contributed by atoms with E-state index in [1.54, 1.807) is 16.3 Å². The van der Waals surface area contributed by atoms with Gasteiger partial charge in [-0.2, -0.15) is 0 Å². The van der Waals surface area contributed by atoms with Crippen LogP contribution in [0.5, 0.6) is 0 Å². The number of thioether (sulfide) groups is 1. The number of rotatable bonds is 4. The van der Waals surface area contributed by atoms with E-state index in [9.17, 15) is 4.79 Å². The molecule has 0 unspecified atom stereocenters. The summed E-state index contributed by atoms with van der Waals surface area (Å²) in [7, 11) is 0. The first-order chi connectivity index (χ1) is 14.2. The molecule has 1 fully saturated rings. The van der Waals surface area contributed by atoms with Gasteiger partial charge >= 0.3 is 0 Å². The predicted molar refractivity (Wildman–Crippen MR) is 115 cm³/mol. The fourth-order valence-electron chi connectivity index (χ4n) is 3.81. The standard InChI is InChI=1S/C22H22N4O2S/c1-15-9-11-16(12-10-15)25-20(27)18-7-2-3-8-19(18)26-21(25)23-24-22(26)29-14-17-6-4-5-13-28-17/h2-3,7-12,17H,4-6,13-14H2,1H3/t17-/m0/s1. The highest BCUT2D eigenvalue weighted by Gasteiger charge is 2.20. The summed E-state index contributed by atoms with van der Waals surface area (Å²) in [5, 5.41) is 10.3. The molecule has 3 heterocycles. The van der Waals surface area contributed by atoms with Crippen molar-refractivity contribution in [3.63, 3.8) is 0 Å². The van der Waals surface area contributed by atoms with Crippen LogP contribution in [0.4, 0.5) is 0 Å².